The van der Waals surface area contributed by atoms with Crippen molar-refractivity contribution < 1.29 is 13.9 Å². The number of aromatic nitrogens is 2. The van der Waals surface area contributed by atoms with Gasteiger partial charge in [-0.2, -0.15) is 0 Å². The zero-order valence-electron chi connectivity index (χ0n) is 15.2. The van der Waals surface area contributed by atoms with Crippen LogP contribution >= 0.6 is 0 Å². The summed E-state index contributed by atoms with van der Waals surface area (Å²) in [4.78, 5) is 35.7. The van der Waals surface area contributed by atoms with Crippen molar-refractivity contribution in [3.63, 3.8) is 0 Å². The second-order valence-corrected chi connectivity index (χ2v) is 6.38. The summed E-state index contributed by atoms with van der Waals surface area (Å²) in [6.07, 6.45) is 2.19. The number of rotatable bonds is 6. The lowest BCUT2D eigenvalue weighted by atomic mass is 10.1. The third-order valence-corrected chi connectivity index (χ3v) is 4.51. The number of hydrogen-bond acceptors (Lipinski definition) is 6. The van der Waals surface area contributed by atoms with E-state index in [1.54, 1.807) is 24.3 Å². The largest absolute Gasteiger partial charge is 0.467 e. The van der Waals surface area contributed by atoms with Crippen LogP contribution in [0.1, 0.15) is 23.4 Å². The van der Waals surface area contributed by atoms with Crippen molar-refractivity contribution in [2.24, 2.45) is 0 Å². The Morgan fingerprint density at radius 2 is 2.15 bits per heavy atom. The number of aromatic amines is 1. The van der Waals surface area contributed by atoms with E-state index in [0.29, 0.717) is 56.5 Å². The lowest BCUT2D eigenvalue weighted by molar-refractivity contribution is -0.130. The maximum absolute atomic E-state index is 12.4. The van der Waals surface area contributed by atoms with Gasteiger partial charge in [0.2, 0.25) is 11.9 Å². The molecule has 0 radical (unpaired) electrons. The summed E-state index contributed by atoms with van der Waals surface area (Å²) in [5.74, 6) is 1.25. The molecule has 0 spiro atoms. The van der Waals surface area contributed by atoms with Crippen LogP contribution < -0.4 is 10.5 Å². The second kappa shape index (κ2) is 8.18. The van der Waals surface area contributed by atoms with Crippen molar-refractivity contribution in [2.75, 3.05) is 38.3 Å². The summed E-state index contributed by atoms with van der Waals surface area (Å²) in [7, 11) is 1.72. The van der Waals surface area contributed by atoms with Gasteiger partial charge in [-0.05, 0) is 25.5 Å². The Bertz CT molecular complexity index is 794. The van der Waals surface area contributed by atoms with Gasteiger partial charge in [0.05, 0.1) is 26.0 Å². The Morgan fingerprint density at radius 3 is 2.81 bits per heavy atom. The minimum Gasteiger partial charge on any atom is -0.467 e. The van der Waals surface area contributed by atoms with Crippen LogP contribution in [0.25, 0.3) is 0 Å². The van der Waals surface area contributed by atoms with Gasteiger partial charge in [0.25, 0.3) is 5.56 Å². The van der Waals surface area contributed by atoms with Crippen molar-refractivity contribution >= 4 is 11.9 Å². The first-order valence-electron chi connectivity index (χ1n) is 8.73. The van der Waals surface area contributed by atoms with Crippen LogP contribution in [-0.2, 0) is 22.5 Å². The van der Waals surface area contributed by atoms with E-state index in [0.717, 1.165) is 5.76 Å². The summed E-state index contributed by atoms with van der Waals surface area (Å²) in [5.41, 5.74) is 1.04. The van der Waals surface area contributed by atoms with E-state index in [-0.39, 0.29) is 17.9 Å². The van der Waals surface area contributed by atoms with Crippen LogP contribution in [0.4, 0.5) is 5.95 Å². The van der Waals surface area contributed by atoms with Crippen LogP contribution in [0.15, 0.2) is 27.6 Å². The summed E-state index contributed by atoms with van der Waals surface area (Å²) in [6, 6.07) is 3.62. The molecule has 2 aromatic heterocycles. The van der Waals surface area contributed by atoms with Crippen LogP contribution in [0.5, 0.6) is 0 Å². The first-order chi connectivity index (χ1) is 12.5. The summed E-state index contributed by atoms with van der Waals surface area (Å²) >= 11 is 0. The number of furan rings is 1. The fraction of sp³-hybridized carbons (Fsp3) is 0.500. The normalized spacial score (nSPS) is 14.5. The highest BCUT2D eigenvalue weighted by atomic mass is 16.5. The average Bonchev–Trinajstić information content (AvgIpc) is 3.14. The van der Waals surface area contributed by atoms with E-state index in [9.17, 15) is 9.59 Å². The molecule has 3 rings (SSSR count). The van der Waals surface area contributed by atoms with Gasteiger partial charge in [-0.1, -0.05) is 0 Å². The predicted molar refractivity (Wildman–Crippen MR) is 96.1 cm³/mol. The van der Waals surface area contributed by atoms with E-state index in [2.05, 4.69) is 9.97 Å². The maximum Gasteiger partial charge on any atom is 0.255 e. The van der Waals surface area contributed by atoms with Crippen LogP contribution in [0.3, 0.4) is 0 Å². The van der Waals surface area contributed by atoms with Gasteiger partial charge in [0.15, 0.2) is 0 Å². The number of morpholine rings is 1. The molecule has 1 amide bonds. The molecule has 8 nitrogen and oxygen atoms in total. The molecule has 3 heterocycles. The fourth-order valence-electron chi connectivity index (χ4n) is 2.96. The number of nitrogens with one attached hydrogen (secondary N) is 1. The third kappa shape index (κ3) is 4.32. The highest BCUT2D eigenvalue weighted by Gasteiger charge is 2.17. The Kier molecular flexibility index (Phi) is 5.72. The van der Waals surface area contributed by atoms with Crippen LogP contribution in [0.2, 0.25) is 0 Å². The van der Waals surface area contributed by atoms with Crippen molar-refractivity contribution in [2.45, 2.75) is 26.3 Å². The molecule has 0 saturated carbocycles. The topological polar surface area (TPSA) is 91.7 Å². The van der Waals surface area contributed by atoms with E-state index < -0.39 is 0 Å². The van der Waals surface area contributed by atoms with E-state index in [4.69, 9.17) is 9.15 Å². The molecule has 2 aromatic rings. The number of H-pyrrole nitrogens is 1. The van der Waals surface area contributed by atoms with Gasteiger partial charge < -0.3 is 19.0 Å². The van der Waals surface area contributed by atoms with Crippen molar-refractivity contribution in [3.05, 3.63) is 45.8 Å². The Balaban J connectivity index is 1.62. The molecule has 1 N–H and O–H groups in total. The van der Waals surface area contributed by atoms with Crippen molar-refractivity contribution in [1.29, 1.82) is 0 Å². The summed E-state index contributed by atoms with van der Waals surface area (Å²) < 4.78 is 10.6. The molecule has 26 heavy (non-hydrogen) atoms. The molecule has 1 saturated heterocycles. The molecule has 0 atom stereocenters. The number of nitrogens with zero attached hydrogens (tertiary/aromatic N) is 3. The van der Waals surface area contributed by atoms with Crippen molar-refractivity contribution in [3.8, 4) is 0 Å². The number of anilines is 1. The third-order valence-electron chi connectivity index (χ3n) is 4.51. The zero-order chi connectivity index (χ0) is 18.5. The van der Waals surface area contributed by atoms with Gasteiger partial charge in [-0.25, -0.2) is 4.98 Å². The minimum absolute atomic E-state index is 0.0440. The van der Waals surface area contributed by atoms with E-state index in [1.807, 2.05) is 17.9 Å². The number of aryl methyl sites for hydroxylation is 1. The molecule has 1 aliphatic heterocycles. The zero-order valence-corrected chi connectivity index (χ0v) is 15.2. The molecule has 140 valence electrons. The highest BCUT2D eigenvalue weighted by Crippen LogP contribution is 2.12. The van der Waals surface area contributed by atoms with Gasteiger partial charge in [-0.3, -0.25) is 14.6 Å². The van der Waals surface area contributed by atoms with E-state index in [1.165, 1.54) is 0 Å². The molecular weight excluding hydrogens is 336 g/mol. The molecule has 0 aromatic carbocycles. The average molecular weight is 360 g/mol. The Labute approximate surface area is 151 Å². The number of hydrogen-bond donors (Lipinski definition) is 1. The van der Waals surface area contributed by atoms with Crippen LogP contribution in [-0.4, -0.2) is 54.1 Å². The highest BCUT2D eigenvalue weighted by molar-refractivity contribution is 5.76. The molecular formula is C18H24N4O4. The minimum atomic E-state index is -0.180. The summed E-state index contributed by atoms with van der Waals surface area (Å²) in [5, 5.41) is 0. The van der Waals surface area contributed by atoms with Crippen molar-refractivity contribution in [1.82, 2.24) is 14.9 Å². The maximum atomic E-state index is 12.4. The number of amides is 1. The SMILES string of the molecule is Cc1nc(N2CCOCC2)[nH]c(=O)c1CCC(=O)N(C)Cc1ccco1. The quantitative estimate of drug-likeness (QED) is 0.829. The fourth-order valence-corrected chi connectivity index (χ4v) is 2.96. The molecule has 0 bridgehead atoms. The number of ether oxygens (including phenoxy) is 1. The van der Waals surface area contributed by atoms with Gasteiger partial charge in [-0.15, -0.1) is 0 Å². The monoisotopic (exact) mass is 360 g/mol. The summed E-state index contributed by atoms with van der Waals surface area (Å²) in [6.45, 7) is 4.89. The van der Waals surface area contributed by atoms with Gasteiger partial charge >= 0.3 is 0 Å². The lowest BCUT2D eigenvalue weighted by Crippen LogP contribution is -2.38. The predicted octanol–water partition coefficient (Wildman–Crippen LogP) is 1.10. The molecule has 1 aliphatic rings. The first-order valence-corrected chi connectivity index (χ1v) is 8.73. The number of carbonyl (C=O) groups is 1. The Hall–Kier alpha value is -2.61. The number of carbonyl (C=O) groups excluding carboxylic acids is 1. The van der Waals surface area contributed by atoms with Crippen LogP contribution in [0, 0.1) is 6.92 Å². The Morgan fingerprint density at radius 1 is 1.38 bits per heavy atom. The van der Waals surface area contributed by atoms with E-state index >= 15 is 0 Å². The molecule has 0 unspecified atom stereocenters. The van der Waals surface area contributed by atoms with Gasteiger partial charge in [0, 0.05) is 37.8 Å². The lowest BCUT2D eigenvalue weighted by Gasteiger charge is -2.27. The molecule has 0 aliphatic carbocycles. The first kappa shape index (κ1) is 18.2. The molecule has 1 fully saturated rings. The second-order valence-electron chi connectivity index (χ2n) is 6.38. The van der Waals surface area contributed by atoms with Gasteiger partial charge in [0.1, 0.15) is 5.76 Å². The smallest absolute Gasteiger partial charge is 0.255 e. The molecule has 8 heteroatoms. The standard InChI is InChI=1S/C18H24N4O4/c1-13-15(5-6-16(23)21(2)12-14-4-3-9-26-14)17(24)20-18(19-13)22-7-10-25-11-8-22/h3-4,9H,5-8,10-12H2,1-2H3,(H,19,20,24).